The van der Waals surface area contributed by atoms with Crippen LogP contribution in [0.15, 0.2) is 71.6 Å². The Bertz CT molecular complexity index is 1170. The lowest BCUT2D eigenvalue weighted by Crippen LogP contribution is -2.50. The summed E-state index contributed by atoms with van der Waals surface area (Å²) in [6.07, 6.45) is 0.743. The molecule has 0 saturated carbocycles. The number of piperazine rings is 1. The van der Waals surface area contributed by atoms with Gasteiger partial charge in [0.2, 0.25) is 15.9 Å². The zero-order valence-electron chi connectivity index (χ0n) is 16.5. The standard InChI is InChI=1S/C23H23FN2O3S/c24-21-7-3-4-18(16-21)8-11-23(27)25-12-14-26(15-13-25)30(28,29)22-10-9-19-5-1-2-6-20(19)17-22/h1-7,9-10,16-17H,8,11-15H2. The molecule has 0 aliphatic carbocycles. The van der Waals surface area contributed by atoms with Crippen LogP contribution in [0.1, 0.15) is 12.0 Å². The molecular formula is C23H23FN2O3S. The maximum absolute atomic E-state index is 13.3. The summed E-state index contributed by atoms with van der Waals surface area (Å²) in [5.74, 6) is -0.352. The Kier molecular flexibility index (Phi) is 5.83. The molecule has 0 aromatic heterocycles. The minimum Gasteiger partial charge on any atom is -0.340 e. The summed E-state index contributed by atoms with van der Waals surface area (Å²) in [6.45, 7) is 1.24. The third kappa shape index (κ3) is 4.37. The molecule has 0 bridgehead atoms. The van der Waals surface area contributed by atoms with Crippen LogP contribution in [0.2, 0.25) is 0 Å². The molecule has 1 fully saturated rings. The van der Waals surface area contributed by atoms with Gasteiger partial charge < -0.3 is 4.90 Å². The molecular weight excluding hydrogens is 403 g/mol. The number of halogens is 1. The number of sulfonamides is 1. The lowest BCUT2D eigenvalue weighted by atomic mass is 10.1. The van der Waals surface area contributed by atoms with Crippen LogP contribution in [0.25, 0.3) is 10.8 Å². The molecule has 0 atom stereocenters. The Balaban J connectivity index is 1.37. The van der Waals surface area contributed by atoms with Gasteiger partial charge in [0.1, 0.15) is 5.82 Å². The van der Waals surface area contributed by atoms with Gasteiger partial charge in [-0.3, -0.25) is 4.79 Å². The molecule has 1 aliphatic heterocycles. The van der Waals surface area contributed by atoms with E-state index >= 15 is 0 Å². The third-order valence-electron chi connectivity index (χ3n) is 5.47. The number of hydrogen-bond donors (Lipinski definition) is 0. The van der Waals surface area contributed by atoms with E-state index in [-0.39, 0.29) is 36.1 Å². The van der Waals surface area contributed by atoms with Crippen LogP contribution in [0.4, 0.5) is 4.39 Å². The zero-order valence-corrected chi connectivity index (χ0v) is 17.3. The van der Waals surface area contributed by atoms with Crippen molar-refractivity contribution < 1.29 is 17.6 Å². The van der Waals surface area contributed by atoms with E-state index in [2.05, 4.69) is 0 Å². The highest BCUT2D eigenvalue weighted by atomic mass is 32.2. The summed E-state index contributed by atoms with van der Waals surface area (Å²) >= 11 is 0. The molecule has 30 heavy (non-hydrogen) atoms. The molecule has 1 heterocycles. The van der Waals surface area contributed by atoms with Crippen molar-refractivity contribution in [2.45, 2.75) is 17.7 Å². The van der Waals surface area contributed by atoms with Crippen molar-refractivity contribution in [2.75, 3.05) is 26.2 Å². The lowest BCUT2D eigenvalue weighted by Gasteiger charge is -2.34. The molecule has 156 valence electrons. The van der Waals surface area contributed by atoms with E-state index in [0.717, 1.165) is 16.3 Å². The molecule has 3 aromatic rings. The van der Waals surface area contributed by atoms with E-state index in [1.165, 1.54) is 16.4 Å². The van der Waals surface area contributed by atoms with Crippen LogP contribution >= 0.6 is 0 Å². The van der Waals surface area contributed by atoms with E-state index in [1.807, 2.05) is 30.3 Å². The minimum absolute atomic E-state index is 0.0398. The fourth-order valence-electron chi connectivity index (χ4n) is 3.76. The molecule has 0 spiro atoms. The Labute approximate surface area is 175 Å². The second kappa shape index (κ2) is 8.53. The lowest BCUT2D eigenvalue weighted by molar-refractivity contribution is -0.132. The summed E-state index contributed by atoms with van der Waals surface area (Å²) in [4.78, 5) is 14.5. The number of amides is 1. The summed E-state index contributed by atoms with van der Waals surface area (Å²) in [7, 11) is -3.61. The van der Waals surface area contributed by atoms with Crippen molar-refractivity contribution in [1.82, 2.24) is 9.21 Å². The fourth-order valence-corrected chi connectivity index (χ4v) is 5.21. The summed E-state index contributed by atoms with van der Waals surface area (Å²) in [5, 5.41) is 1.87. The van der Waals surface area contributed by atoms with Gasteiger partial charge in [0.05, 0.1) is 4.90 Å². The van der Waals surface area contributed by atoms with Crippen LogP contribution in [-0.4, -0.2) is 49.7 Å². The molecule has 1 amide bonds. The predicted molar refractivity (Wildman–Crippen MR) is 114 cm³/mol. The van der Waals surface area contributed by atoms with Crippen molar-refractivity contribution in [3.8, 4) is 0 Å². The Hall–Kier alpha value is -2.77. The van der Waals surface area contributed by atoms with Gasteiger partial charge in [-0.25, -0.2) is 12.8 Å². The highest BCUT2D eigenvalue weighted by Gasteiger charge is 2.30. The molecule has 1 aliphatic rings. The topological polar surface area (TPSA) is 57.7 Å². The van der Waals surface area contributed by atoms with Crippen LogP contribution in [0.3, 0.4) is 0 Å². The fraction of sp³-hybridized carbons (Fsp3) is 0.261. The number of rotatable bonds is 5. The maximum atomic E-state index is 13.3. The van der Waals surface area contributed by atoms with Crippen LogP contribution < -0.4 is 0 Å². The SMILES string of the molecule is O=C(CCc1cccc(F)c1)N1CCN(S(=O)(=O)c2ccc3ccccc3c2)CC1. The first-order valence-electron chi connectivity index (χ1n) is 9.95. The first-order valence-corrected chi connectivity index (χ1v) is 11.4. The third-order valence-corrected chi connectivity index (χ3v) is 7.36. The first kappa shape index (κ1) is 20.5. The summed E-state index contributed by atoms with van der Waals surface area (Å²) in [5.41, 5.74) is 0.779. The molecule has 4 rings (SSSR count). The number of benzene rings is 3. The average Bonchev–Trinajstić information content (AvgIpc) is 2.77. The number of carbonyl (C=O) groups is 1. The van der Waals surface area contributed by atoms with E-state index in [1.54, 1.807) is 29.2 Å². The van der Waals surface area contributed by atoms with Crippen molar-refractivity contribution >= 4 is 26.7 Å². The quantitative estimate of drug-likeness (QED) is 0.628. The number of carbonyl (C=O) groups excluding carboxylic acids is 1. The van der Waals surface area contributed by atoms with Crippen molar-refractivity contribution in [1.29, 1.82) is 0 Å². The first-order chi connectivity index (χ1) is 14.4. The van der Waals surface area contributed by atoms with Crippen molar-refractivity contribution in [3.63, 3.8) is 0 Å². The smallest absolute Gasteiger partial charge is 0.243 e. The van der Waals surface area contributed by atoms with Gasteiger partial charge in [0.15, 0.2) is 0 Å². The van der Waals surface area contributed by atoms with Gasteiger partial charge in [-0.2, -0.15) is 4.31 Å². The minimum atomic E-state index is -3.61. The van der Waals surface area contributed by atoms with E-state index in [9.17, 15) is 17.6 Å². The van der Waals surface area contributed by atoms with Gasteiger partial charge in [-0.1, -0.05) is 42.5 Å². The summed E-state index contributed by atoms with van der Waals surface area (Å²) < 4.78 is 40.8. The van der Waals surface area contributed by atoms with Crippen molar-refractivity contribution in [2.24, 2.45) is 0 Å². The highest BCUT2D eigenvalue weighted by molar-refractivity contribution is 7.89. The highest BCUT2D eigenvalue weighted by Crippen LogP contribution is 2.23. The molecule has 1 saturated heterocycles. The second-order valence-electron chi connectivity index (χ2n) is 7.42. The molecule has 5 nitrogen and oxygen atoms in total. The van der Waals surface area contributed by atoms with Gasteiger partial charge in [0.25, 0.3) is 0 Å². The number of hydrogen-bond acceptors (Lipinski definition) is 3. The van der Waals surface area contributed by atoms with E-state index < -0.39 is 10.0 Å². The summed E-state index contributed by atoms with van der Waals surface area (Å²) in [6, 6.07) is 19.0. The van der Waals surface area contributed by atoms with Crippen LogP contribution in [-0.2, 0) is 21.2 Å². The monoisotopic (exact) mass is 426 g/mol. The van der Waals surface area contributed by atoms with Gasteiger partial charge in [-0.15, -0.1) is 0 Å². The second-order valence-corrected chi connectivity index (χ2v) is 9.36. The molecule has 0 N–H and O–H groups in total. The Morgan fingerprint density at radius 2 is 1.60 bits per heavy atom. The largest absolute Gasteiger partial charge is 0.340 e. The Morgan fingerprint density at radius 1 is 0.867 bits per heavy atom. The number of aryl methyl sites for hydroxylation is 1. The average molecular weight is 427 g/mol. The normalized spacial score (nSPS) is 15.4. The van der Waals surface area contributed by atoms with E-state index in [4.69, 9.17) is 0 Å². The van der Waals surface area contributed by atoms with Crippen LogP contribution in [0.5, 0.6) is 0 Å². The van der Waals surface area contributed by atoms with Crippen molar-refractivity contribution in [3.05, 3.63) is 78.1 Å². The molecule has 3 aromatic carbocycles. The number of fused-ring (bicyclic) bond motifs is 1. The molecule has 7 heteroatoms. The maximum Gasteiger partial charge on any atom is 0.243 e. The zero-order chi connectivity index (χ0) is 21.1. The molecule has 0 radical (unpaired) electrons. The Morgan fingerprint density at radius 3 is 2.33 bits per heavy atom. The van der Waals surface area contributed by atoms with E-state index in [0.29, 0.717) is 19.5 Å². The van der Waals surface area contributed by atoms with Crippen LogP contribution in [0, 0.1) is 5.82 Å². The predicted octanol–water partition coefficient (Wildman–Crippen LogP) is 3.44. The number of nitrogens with zero attached hydrogens (tertiary/aromatic N) is 2. The molecule has 0 unspecified atom stereocenters. The van der Waals surface area contributed by atoms with Gasteiger partial charge in [0, 0.05) is 32.6 Å². The van der Waals surface area contributed by atoms with Gasteiger partial charge in [-0.05, 0) is 47.0 Å². The van der Waals surface area contributed by atoms with Gasteiger partial charge >= 0.3 is 0 Å².